The van der Waals surface area contributed by atoms with Gasteiger partial charge in [0.1, 0.15) is 0 Å². The van der Waals surface area contributed by atoms with Gasteiger partial charge in [-0.1, -0.05) is 0 Å². The number of allylic oxidation sites excluding steroid dienone is 1. The van der Waals surface area contributed by atoms with Crippen LogP contribution in [-0.2, 0) is 0 Å². The van der Waals surface area contributed by atoms with Crippen LogP contribution in [0.5, 0.6) is 0 Å². The molecule has 0 aliphatic carbocycles. The van der Waals surface area contributed by atoms with E-state index in [0.29, 0.717) is 5.57 Å². The van der Waals surface area contributed by atoms with Crippen molar-refractivity contribution in [3.63, 3.8) is 0 Å². The molecule has 0 atom stereocenters. The first-order chi connectivity index (χ1) is 4.45. The van der Waals surface area contributed by atoms with Gasteiger partial charge in [-0.2, -0.15) is 5.26 Å². The lowest BCUT2D eigenvalue weighted by Gasteiger charge is -2.18. The molecule has 0 fully saturated rings. The van der Waals surface area contributed by atoms with Crippen molar-refractivity contribution in [1.29, 1.82) is 5.26 Å². The molecule has 56 valence electrons. The average Bonchev–Trinajstić information content (AvgIpc) is 1.81. The molecule has 0 radical (unpaired) electrons. The molecule has 0 spiro atoms. The molecule has 0 aliphatic heterocycles. The Hall–Kier alpha value is -0.970. The van der Waals surface area contributed by atoms with E-state index < -0.39 is 0 Å². The lowest BCUT2D eigenvalue weighted by molar-refractivity contribution is 0.490. The minimum absolute atomic E-state index is 0.0537. The number of nitriles is 1. The van der Waals surface area contributed by atoms with E-state index in [0.717, 1.165) is 0 Å². The summed E-state index contributed by atoms with van der Waals surface area (Å²) in [5, 5.41) is 11.5. The zero-order valence-electron chi connectivity index (χ0n) is 7.02. The third-order valence-corrected chi connectivity index (χ3v) is 0.898. The Labute approximate surface area is 62.5 Å². The Kier molecular flexibility index (Phi) is 2.95. The maximum absolute atomic E-state index is 8.37. The van der Waals surface area contributed by atoms with Crippen molar-refractivity contribution in [3.05, 3.63) is 11.8 Å². The highest BCUT2D eigenvalue weighted by Crippen LogP contribution is 1.99. The van der Waals surface area contributed by atoms with Gasteiger partial charge in [-0.05, 0) is 27.7 Å². The Morgan fingerprint density at radius 3 is 2.30 bits per heavy atom. The molecule has 0 aliphatic rings. The smallest absolute Gasteiger partial charge is 0.0959 e. The van der Waals surface area contributed by atoms with Crippen LogP contribution in [0, 0.1) is 11.3 Å². The number of nitrogens with zero attached hydrogens (tertiary/aromatic N) is 1. The molecule has 2 nitrogen and oxygen atoms in total. The lowest BCUT2D eigenvalue weighted by atomic mass is 10.1. The van der Waals surface area contributed by atoms with Crippen LogP contribution >= 0.6 is 0 Å². The molecule has 1 N–H and O–H groups in total. The molecule has 0 aromatic rings. The second-order valence-electron chi connectivity index (χ2n) is 3.33. The highest BCUT2D eigenvalue weighted by molar-refractivity contribution is 5.16. The number of hydrogen-bond donors (Lipinski definition) is 1. The quantitative estimate of drug-likeness (QED) is 0.561. The van der Waals surface area contributed by atoms with Crippen LogP contribution < -0.4 is 5.32 Å². The van der Waals surface area contributed by atoms with Crippen LogP contribution in [0.1, 0.15) is 27.7 Å². The van der Waals surface area contributed by atoms with Crippen LogP contribution in [-0.4, -0.2) is 5.54 Å². The monoisotopic (exact) mass is 138 g/mol. The van der Waals surface area contributed by atoms with Gasteiger partial charge in [-0.15, -0.1) is 0 Å². The Balaban J connectivity index is 3.88. The summed E-state index contributed by atoms with van der Waals surface area (Å²) in [5.74, 6) is 0. The third kappa shape index (κ3) is 5.17. The highest BCUT2D eigenvalue weighted by Gasteiger charge is 2.04. The fourth-order valence-electron chi connectivity index (χ4n) is 0.357. The van der Waals surface area contributed by atoms with Gasteiger partial charge in [0, 0.05) is 17.3 Å². The summed E-state index contributed by atoms with van der Waals surface area (Å²) in [6, 6.07) is 2.04. The van der Waals surface area contributed by atoms with E-state index in [4.69, 9.17) is 5.26 Å². The van der Waals surface area contributed by atoms with E-state index in [9.17, 15) is 0 Å². The number of rotatable bonds is 1. The molecule has 0 amide bonds. The molecule has 0 heterocycles. The molecule has 0 bridgehead atoms. The molecular weight excluding hydrogens is 124 g/mol. The fraction of sp³-hybridized carbons (Fsp3) is 0.625. The standard InChI is InChI=1S/C8H14N2/c1-7(5-9)6-10-8(2,3)4/h6,10H,1-4H3. The Morgan fingerprint density at radius 2 is 2.00 bits per heavy atom. The van der Waals surface area contributed by atoms with Crippen LogP contribution in [0.3, 0.4) is 0 Å². The minimum atomic E-state index is 0.0537. The van der Waals surface area contributed by atoms with Crippen molar-refractivity contribution < 1.29 is 0 Å². The average molecular weight is 138 g/mol. The molecule has 0 saturated carbocycles. The first kappa shape index (κ1) is 9.03. The normalized spacial score (nSPS) is 12.5. The minimum Gasteiger partial charge on any atom is -0.386 e. The molecule has 0 rings (SSSR count). The maximum Gasteiger partial charge on any atom is 0.0959 e. The highest BCUT2D eigenvalue weighted by atomic mass is 14.9. The van der Waals surface area contributed by atoms with Crippen molar-refractivity contribution in [2.45, 2.75) is 33.2 Å². The van der Waals surface area contributed by atoms with Gasteiger partial charge in [0.25, 0.3) is 0 Å². The molecule has 10 heavy (non-hydrogen) atoms. The van der Waals surface area contributed by atoms with Gasteiger partial charge in [0.15, 0.2) is 0 Å². The summed E-state index contributed by atoms with van der Waals surface area (Å²) in [6.45, 7) is 7.93. The molecule has 0 aromatic carbocycles. The van der Waals surface area contributed by atoms with E-state index >= 15 is 0 Å². The predicted molar refractivity (Wildman–Crippen MR) is 42.3 cm³/mol. The van der Waals surface area contributed by atoms with Gasteiger partial charge in [-0.25, -0.2) is 0 Å². The fourth-order valence-corrected chi connectivity index (χ4v) is 0.357. The summed E-state index contributed by atoms with van der Waals surface area (Å²) in [6.07, 6.45) is 1.74. The van der Waals surface area contributed by atoms with Gasteiger partial charge >= 0.3 is 0 Å². The maximum atomic E-state index is 8.37. The predicted octanol–water partition coefficient (Wildman–Crippen LogP) is 1.80. The van der Waals surface area contributed by atoms with Gasteiger partial charge < -0.3 is 5.32 Å². The molecule has 2 heteroatoms. The van der Waals surface area contributed by atoms with Crippen LogP contribution in [0.4, 0.5) is 0 Å². The van der Waals surface area contributed by atoms with Gasteiger partial charge in [0.2, 0.25) is 0 Å². The van der Waals surface area contributed by atoms with Crippen molar-refractivity contribution >= 4 is 0 Å². The van der Waals surface area contributed by atoms with Crippen molar-refractivity contribution in [2.24, 2.45) is 0 Å². The van der Waals surface area contributed by atoms with E-state index in [1.54, 1.807) is 13.1 Å². The third-order valence-electron chi connectivity index (χ3n) is 0.898. The van der Waals surface area contributed by atoms with Gasteiger partial charge in [0.05, 0.1) is 6.07 Å². The Morgan fingerprint density at radius 1 is 1.50 bits per heavy atom. The van der Waals surface area contributed by atoms with E-state index in [2.05, 4.69) is 5.32 Å². The second kappa shape index (κ2) is 3.26. The van der Waals surface area contributed by atoms with Crippen molar-refractivity contribution in [3.8, 4) is 6.07 Å². The van der Waals surface area contributed by atoms with Crippen LogP contribution in [0.25, 0.3) is 0 Å². The van der Waals surface area contributed by atoms with E-state index in [1.807, 2.05) is 26.8 Å². The van der Waals surface area contributed by atoms with Gasteiger partial charge in [-0.3, -0.25) is 0 Å². The van der Waals surface area contributed by atoms with Crippen molar-refractivity contribution in [2.75, 3.05) is 0 Å². The zero-order valence-corrected chi connectivity index (χ0v) is 7.02. The Bertz CT molecular complexity index is 167. The first-order valence-electron chi connectivity index (χ1n) is 3.30. The van der Waals surface area contributed by atoms with E-state index in [1.165, 1.54) is 0 Å². The molecular formula is C8H14N2. The molecule has 0 aromatic heterocycles. The van der Waals surface area contributed by atoms with Crippen LogP contribution in [0.2, 0.25) is 0 Å². The first-order valence-corrected chi connectivity index (χ1v) is 3.30. The summed E-state index contributed by atoms with van der Waals surface area (Å²) >= 11 is 0. The zero-order chi connectivity index (χ0) is 8.20. The largest absolute Gasteiger partial charge is 0.386 e. The molecule has 0 saturated heterocycles. The summed E-state index contributed by atoms with van der Waals surface area (Å²) in [5.41, 5.74) is 0.757. The van der Waals surface area contributed by atoms with E-state index in [-0.39, 0.29) is 5.54 Å². The summed E-state index contributed by atoms with van der Waals surface area (Å²) < 4.78 is 0. The van der Waals surface area contributed by atoms with Crippen molar-refractivity contribution in [1.82, 2.24) is 5.32 Å². The summed E-state index contributed by atoms with van der Waals surface area (Å²) in [4.78, 5) is 0. The number of nitrogens with one attached hydrogen (secondary N) is 1. The second-order valence-corrected chi connectivity index (χ2v) is 3.33. The lowest BCUT2D eigenvalue weighted by Crippen LogP contribution is -2.31. The summed E-state index contributed by atoms with van der Waals surface area (Å²) in [7, 11) is 0. The topological polar surface area (TPSA) is 35.8 Å². The van der Waals surface area contributed by atoms with Crippen LogP contribution in [0.15, 0.2) is 11.8 Å². The SMILES string of the molecule is CC(C#N)=CNC(C)(C)C. The molecule has 0 unspecified atom stereocenters. The number of hydrogen-bond acceptors (Lipinski definition) is 2.